The summed E-state index contributed by atoms with van der Waals surface area (Å²) in [6.45, 7) is -0.000936. The number of hydrogen-bond donors (Lipinski definition) is 1. The fourth-order valence-electron chi connectivity index (χ4n) is 3.57. The molecular weight excluding hydrogens is 365 g/mol. The van der Waals surface area contributed by atoms with Crippen LogP contribution in [0.2, 0.25) is 0 Å². The zero-order valence-corrected chi connectivity index (χ0v) is 15.9. The van der Waals surface area contributed by atoms with Crippen molar-refractivity contribution in [2.75, 3.05) is 6.54 Å². The van der Waals surface area contributed by atoms with Crippen LogP contribution in [0.1, 0.15) is 42.9 Å². The van der Waals surface area contributed by atoms with Gasteiger partial charge in [0.15, 0.2) is 9.84 Å². The number of hydrogen-bond acceptors (Lipinski definition) is 3. The van der Waals surface area contributed by atoms with E-state index in [4.69, 9.17) is 0 Å². The zero-order chi connectivity index (χ0) is 19.3. The van der Waals surface area contributed by atoms with Gasteiger partial charge in [-0.3, -0.25) is 4.79 Å². The van der Waals surface area contributed by atoms with Crippen molar-refractivity contribution in [2.24, 2.45) is 5.92 Å². The van der Waals surface area contributed by atoms with E-state index in [0.717, 1.165) is 44.2 Å². The minimum Gasteiger partial charge on any atom is -0.354 e. The van der Waals surface area contributed by atoms with E-state index >= 15 is 0 Å². The molecule has 144 valence electrons. The van der Waals surface area contributed by atoms with E-state index in [1.165, 1.54) is 12.1 Å². The van der Waals surface area contributed by atoms with Crippen molar-refractivity contribution in [3.05, 3.63) is 66.0 Å². The summed E-state index contributed by atoms with van der Waals surface area (Å²) in [5, 5.41) is 1.93. The molecule has 0 saturated heterocycles. The number of sulfone groups is 1. The molecule has 4 nitrogen and oxygen atoms in total. The lowest BCUT2D eigenvalue weighted by molar-refractivity contribution is -0.125. The molecular formula is C21H24FNO3S. The molecule has 1 aliphatic rings. The summed E-state index contributed by atoms with van der Waals surface area (Å²) >= 11 is 0. The quantitative estimate of drug-likeness (QED) is 0.759. The van der Waals surface area contributed by atoms with Gasteiger partial charge >= 0.3 is 0 Å². The van der Waals surface area contributed by atoms with E-state index in [9.17, 15) is 17.6 Å². The average molecular weight is 389 g/mol. The third-order valence-electron chi connectivity index (χ3n) is 5.13. The molecule has 1 saturated carbocycles. The molecule has 0 spiro atoms. The van der Waals surface area contributed by atoms with Crippen molar-refractivity contribution < 1.29 is 17.6 Å². The number of carbonyl (C=O) groups excluding carboxylic acids is 1. The Morgan fingerprint density at radius 2 is 1.63 bits per heavy atom. The fraction of sp³-hybridized carbons (Fsp3) is 0.381. The lowest BCUT2D eigenvalue weighted by atomic mass is 9.88. The molecule has 2 aromatic rings. The fourth-order valence-corrected chi connectivity index (χ4v) is 5.23. The van der Waals surface area contributed by atoms with Gasteiger partial charge in [0.05, 0.1) is 4.90 Å². The van der Waals surface area contributed by atoms with Gasteiger partial charge in [-0.05, 0) is 42.7 Å². The smallest absolute Gasteiger partial charge is 0.223 e. The van der Waals surface area contributed by atoms with Crippen molar-refractivity contribution in [3.8, 4) is 0 Å². The first kappa shape index (κ1) is 19.5. The van der Waals surface area contributed by atoms with E-state index in [1.54, 1.807) is 24.3 Å². The van der Waals surface area contributed by atoms with Crippen molar-refractivity contribution in [1.29, 1.82) is 0 Å². The van der Waals surface area contributed by atoms with Crippen molar-refractivity contribution in [2.45, 2.75) is 42.2 Å². The largest absolute Gasteiger partial charge is 0.354 e. The van der Waals surface area contributed by atoms with Crippen LogP contribution in [0.3, 0.4) is 0 Å². The number of halogens is 1. The molecule has 1 amide bonds. The predicted octanol–water partition coefficient (Wildman–Crippen LogP) is 4.04. The molecule has 0 radical (unpaired) electrons. The summed E-state index contributed by atoms with van der Waals surface area (Å²) in [6, 6.07) is 13.6. The third kappa shape index (κ3) is 4.75. The molecule has 1 unspecified atom stereocenters. The topological polar surface area (TPSA) is 63.2 Å². The monoisotopic (exact) mass is 389 g/mol. The van der Waals surface area contributed by atoms with E-state index in [1.807, 2.05) is 6.07 Å². The number of carbonyl (C=O) groups is 1. The number of nitrogens with one attached hydrogen (secondary N) is 1. The summed E-state index contributed by atoms with van der Waals surface area (Å²) in [5.41, 5.74) is 0.603. The van der Waals surface area contributed by atoms with Crippen LogP contribution in [0.15, 0.2) is 59.5 Å². The molecule has 1 atom stereocenters. The second kappa shape index (κ2) is 8.65. The SMILES string of the molecule is O=C(NCC(c1ccccc1)S(=O)(=O)c1ccc(F)cc1)C1CCCCC1. The van der Waals surface area contributed by atoms with E-state index in [2.05, 4.69) is 5.32 Å². The summed E-state index contributed by atoms with van der Waals surface area (Å²) in [4.78, 5) is 12.5. The summed E-state index contributed by atoms with van der Waals surface area (Å²) in [5.74, 6) is -0.607. The summed E-state index contributed by atoms with van der Waals surface area (Å²) in [7, 11) is -3.78. The van der Waals surface area contributed by atoms with Gasteiger partial charge in [-0.25, -0.2) is 12.8 Å². The molecule has 0 aromatic heterocycles. The Morgan fingerprint density at radius 1 is 1.00 bits per heavy atom. The van der Waals surface area contributed by atoms with Crippen molar-refractivity contribution >= 4 is 15.7 Å². The van der Waals surface area contributed by atoms with Crippen LogP contribution in [0.5, 0.6) is 0 Å². The molecule has 27 heavy (non-hydrogen) atoms. The van der Waals surface area contributed by atoms with Crippen LogP contribution in [0.4, 0.5) is 4.39 Å². The molecule has 2 aromatic carbocycles. The van der Waals surface area contributed by atoms with Gasteiger partial charge in [0.1, 0.15) is 11.1 Å². The first-order valence-electron chi connectivity index (χ1n) is 9.30. The Labute approximate surface area is 159 Å². The minimum atomic E-state index is -3.78. The molecule has 1 N–H and O–H groups in total. The Hall–Kier alpha value is -2.21. The zero-order valence-electron chi connectivity index (χ0n) is 15.1. The predicted molar refractivity (Wildman–Crippen MR) is 102 cm³/mol. The molecule has 0 heterocycles. The van der Waals surface area contributed by atoms with E-state index < -0.39 is 20.9 Å². The van der Waals surface area contributed by atoms with Crippen LogP contribution in [0.25, 0.3) is 0 Å². The van der Waals surface area contributed by atoms with Gasteiger partial charge in [0.25, 0.3) is 0 Å². The molecule has 1 fully saturated rings. The van der Waals surface area contributed by atoms with Gasteiger partial charge in [0, 0.05) is 12.5 Å². The van der Waals surface area contributed by atoms with E-state index in [0.29, 0.717) is 5.56 Å². The Balaban J connectivity index is 1.83. The molecule has 3 rings (SSSR count). The summed E-state index contributed by atoms with van der Waals surface area (Å²) in [6.07, 6.45) is 4.93. The molecule has 0 bridgehead atoms. The second-order valence-corrected chi connectivity index (χ2v) is 9.11. The average Bonchev–Trinajstić information content (AvgIpc) is 2.69. The molecule has 0 aliphatic heterocycles. The maximum absolute atomic E-state index is 13.2. The second-order valence-electron chi connectivity index (χ2n) is 6.98. The van der Waals surface area contributed by atoms with Crippen molar-refractivity contribution in [1.82, 2.24) is 5.32 Å². The van der Waals surface area contributed by atoms with Crippen LogP contribution >= 0.6 is 0 Å². The normalized spacial score (nSPS) is 16.6. The Morgan fingerprint density at radius 3 is 2.26 bits per heavy atom. The Bertz CT molecular complexity index is 860. The molecule has 1 aliphatic carbocycles. The highest BCUT2D eigenvalue weighted by atomic mass is 32.2. The number of benzene rings is 2. The highest BCUT2D eigenvalue weighted by Crippen LogP contribution is 2.29. The maximum atomic E-state index is 13.2. The number of rotatable bonds is 6. The van der Waals surface area contributed by atoms with Gasteiger partial charge in [-0.2, -0.15) is 0 Å². The van der Waals surface area contributed by atoms with Crippen LogP contribution in [-0.4, -0.2) is 20.9 Å². The minimum absolute atomic E-state index is 0.000936. The highest BCUT2D eigenvalue weighted by molar-refractivity contribution is 7.91. The van der Waals surface area contributed by atoms with Gasteiger partial charge in [-0.15, -0.1) is 0 Å². The maximum Gasteiger partial charge on any atom is 0.223 e. The van der Waals surface area contributed by atoms with Crippen molar-refractivity contribution in [3.63, 3.8) is 0 Å². The molecule has 6 heteroatoms. The van der Waals surface area contributed by atoms with Gasteiger partial charge in [-0.1, -0.05) is 49.6 Å². The van der Waals surface area contributed by atoms with Crippen LogP contribution < -0.4 is 5.32 Å². The van der Waals surface area contributed by atoms with Gasteiger partial charge < -0.3 is 5.32 Å². The van der Waals surface area contributed by atoms with E-state index in [-0.39, 0.29) is 23.3 Å². The van der Waals surface area contributed by atoms with Crippen LogP contribution in [-0.2, 0) is 14.6 Å². The first-order chi connectivity index (χ1) is 13.0. The van der Waals surface area contributed by atoms with Crippen LogP contribution in [0, 0.1) is 11.7 Å². The lowest BCUT2D eigenvalue weighted by Gasteiger charge is -2.23. The number of amides is 1. The highest BCUT2D eigenvalue weighted by Gasteiger charge is 2.30. The van der Waals surface area contributed by atoms with Gasteiger partial charge in [0.2, 0.25) is 5.91 Å². The standard InChI is InChI=1S/C21H24FNO3S/c22-18-11-13-19(14-12-18)27(25,26)20(16-7-3-1-4-8-16)15-23-21(24)17-9-5-2-6-10-17/h1,3-4,7-8,11-14,17,20H,2,5-6,9-10,15H2,(H,23,24). The first-order valence-corrected chi connectivity index (χ1v) is 10.9. The third-order valence-corrected chi connectivity index (χ3v) is 7.24. The Kier molecular flexibility index (Phi) is 6.26. The summed E-state index contributed by atoms with van der Waals surface area (Å²) < 4.78 is 39.5. The lowest BCUT2D eigenvalue weighted by Crippen LogP contribution is -2.36.